The summed E-state index contributed by atoms with van der Waals surface area (Å²) in [5.74, 6) is -0.877. The molecule has 3 aromatic carbocycles. The molecular formula is C27H21Cl2FN4O3. The third-order valence-electron chi connectivity index (χ3n) is 6.03. The average Bonchev–Trinajstić information content (AvgIpc) is 3.62. The third-order valence-corrected chi connectivity index (χ3v) is 6.66. The zero-order valence-corrected chi connectivity index (χ0v) is 20.9. The van der Waals surface area contributed by atoms with E-state index in [1.165, 1.54) is 16.8 Å². The van der Waals surface area contributed by atoms with Crippen LogP contribution >= 0.6 is 23.2 Å². The molecule has 0 unspecified atom stereocenters. The minimum atomic E-state index is -0.519. The van der Waals surface area contributed by atoms with Crippen LogP contribution in [0.2, 0.25) is 10.0 Å². The maximum atomic E-state index is 13.9. The predicted octanol–water partition coefficient (Wildman–Crippen LogP) is 6.59. The van der Waals surface area contributed by atoms with Crippen LogP contribution in [0.15, 0.2) is 66.7 Å². The van der Waals surface area contributed by atoms with Gasteiger partial charge in [-0.25, -0.2) is 9.18 Å². The minimum Gasteiger partial charge on any atom is -0.507 e. The molecule has 0 bridgehead atoms. The molecule has 37 heavy (non-hydrogen) atoms. The number of aromatic hydroxyl groups is 1. The number of nitrogens with zero attached hydrogens (tertiary/aromatic N) is 2. The molecule has 1 heterocycles. The van der Waals surface area contributed by atoms with E-state index in [2.05, 4.69) is 15.7 Å². The predicted molar refractivity (Wildman–Crippen MR) is 140 cm³/mol. The van der Waals surface area contributed by atoms with Crippen molar-refractivity contribution in [2.45, 2.75) is 25.3 Å². The number of hydrogen-bond acceptors (Lipinski definition) is 4. The van der Waals surface area contributed by atoms with Gasteiger partial charge in [-0.1, -0.05) is 47.5 Å². The summed E-state index contributed by atoms with van der Waals surface area (Å²) >= 11 is 12.2. The van der Waals surface area contributed by atoms with Crippen LogP contribution in [0.4, 0.5) is 14.9 Å². The Hall–Kier alpha value is -3.88. The van der Waals surface area contributed by atoms with Gasteiger partial charge in [-0.15, -0.1) is 0 Å². The highest BCUT2D eigenvalue weighted by Gasteiger charge is 2.31. The lowest BCUT2D eigenvalue weighted by Crippen LogP contribution is -2.30. The van der Waals surface area contributed by atoms with Gasteiger partial charge in [0.15, 0.2) is 0 Å². The van der Waals surface area contributed by atoms with Crippen molar-refractivity contribution in [2.24, 2.45) is 0 Å². The van der Waals surface area contributed by atoms with Crippen molar-refractivity contribution in [2.75, 3.05) is 5.32 Å². The fourth-order valence-electron chi connectivity index (χ4n) is 3.98. The maximum Gasteiger partial charge on any atom is 0.342 e. The number of anilines is 1. The lowest BCUT2D eigenvalue weighted by atomic mass is 10.1. The standard InChI is InChI=1S/C27H21Cl2FN4O3/c28-19-5-3-6-20(29)25(19)26(36)32-17-10-11-18(24(35)12-17)22-13-23(15-8-9-15)34(33-22)27(37)31-14-16-4-1-2-7-21(16)30/h1-7,10-13,15,35H,8-9,14H2,(H,31,37)(H,32,36). The van der Waals surface area contributed by atoms with Crippen LogP contribution in [0.1, 0.15) is 40.4 Å². The molecule has 10 heteroatoms. The van der Waals surface area contributed by atoms with Gasteiger partial charge >= 0.3 is 6.03 Å². The first-order valence-electron chi connectivity index (χ1n) is 11.5. The lowest BCUT2D eigenvalue weighted by Gasteiger charge is -2.10. The van der Waals surface area contributed by atoms with Crippen LogP contribution in [0.25, 0.3) is 11.3 Å². The monoisotopic (exact) mass is 538 g/mol. The first-order chi connectivity index (χ1) is 17.8. The van der Waals surface area contributed by atoms with Crippen molar-refractivity contribution in [3.05, 3.63) is 99.4 Å². The Morgan fingerprint density at radius 3 is 2.43 bits per heavy atom. The molecule has 1 aliphatic rings. The smallest absolute Gasteiger partial charge is 0.342 e. The Balaban J connectivity index is 1.36. The van der Waals surface area contributed by atoms with Gasteiger partial charge in [-0.2, -0.15) is 9.78 Å². The molecule has 7 nitrogen and oxygen atoms in total. The van der Waals surface area contributed by atoms with Crippen molar-refractivity contribution in [3.8, 4) is 17.0 Å². The van der Waals surface area contributed by atoms with E-state index in [1.807, 2.05) is 0 Å². The Kier molecular flexibility index (Phi) is 6.86. The molecule has 1 aliphatic carbocycles. The number of phenols is 1. The van der Waals surface area contributed by atoms with Gasteiger partial charge in [-0.05, 0) is 49.2 Å². The van der Waals surface area contributed by atoms with Crippen molar-refractivity contribution in [1.82, 2.24) is 15.1 Å². The number of carbonyl (C=O) groups is 2. The van der Waals surface area contributed by atoms with Crippen LogP contribution in [-0.2, 0) is 6.54 Å². The molecule has 2 amide bonds. The molecule has 1 saturated carbocycles. The minimum absolute atomic E-state index is 0.0138. The van der Waals surface area contributed by atoms with E-state index in [4.69, 9.17) is 23.2 Å². The number of halogens is 3. The van der Waals surface area contributed by atoms with Crippen LogP contribution in [0.3, 0.4) is 0 Å². The van der Waals surface area contributed by atoms with Gasteiger partial charge in [-0.3, -0.25) is 4.79 Å². The summed E-state index contributed by atoms with van der Waals surface area (Å²) in [6.07, 6.45) is 1.85. The number of aromatic nitrogens is 2. The number of benzene rings is 3. The van der Waals surface area contributed by atoms with Crippen molar-refractivity contribution in [1.29, 1.82) is 0 Å². The molecule has 4 aromatic rings. The SMILES string of the molecule is O=C(Nc1ccc(-c2cc(C3CC3)n(C(=O)NCc3ccccc3F)n2)c(O)c1)c1c(Cl)cccc1Cl. The summed E-state index contributed by atoms with van der Waals surface area (Å²) in [7, 11) is 0. The lowest BCUT2D eigenvalue weighted by molar-refractivity contribution is 0.102. The van der Waals surface area contributed by atoms with E-state index in [1.54, 1.807) is 54.6 Å². The first kappa shape index (κ1) is 24.8. The van der Waals surface area contributed by atoms with E-state index in [-0.39, 0.29) is 33.8 Å². The van der Waals surface area contributed by atoms with Gasteiger partial charge in [0.25, 0.3) is 5.91 Å². The highest BCUT2D eigenvalue weighted by atomic mass is 35.5. The largest absolute Gasteiger partial charge is 0.507 e. The van der Waals surface area contributed by atoms with Crippen molar-refractivity contribution >= 4 is 40.8 Å². The Bertz CT molecular complexity index is 1500. The number of amides is 2. The number of nitrogens with one attached hydrogen (secondary N) is 2. The van der Waals surface area contributed by atoms with Gasteiger partial charge in [0.1, 0.15) is 11.6 Å². The quantitative estimate of drug-likeness (QED) is 0.258. The van der Waals surface area contributed by atoms with E-state index in [0.29, 0.717) is 28.2 Å². The van der Waals surface area contributed by atoms with Crippen molar-refractivity contribution < 1.29 is 19.1 Å². The molecule has 0 radical (unpaired) electrons. The fraction of sp³-hybridized carbons (Fsp3) is 0.148. The second-order valence-electron chi connectivity index (χ2n) is 8.67. The fourth-order valence-corrected chi connectivity index (χ4v) is 4.55. The zero-order chi connectivity index (χ0) is 26.1. The molecule has 0 spiro atoms. The Labute approximate surface area is 221 Å². The summed E-state index contributed by atoms with van der Waals surface area (Å²) in [4.78, 5) is 25.6. The summed E-state index contributed by atoms with van der Waals surface area (Å²) < 4.78 is 15.2. The molecule has 188 valence electrons. The molecule has 0 aliphatic heterocycles. The Morgan fingerprint density at radius 2 is 1.76 bits per heavy atom. The number of hydrogen-bond donors (Lipinski definition) is 3. The molecule has 0 saturated heterocycles. The summed E-state index contributed by atoms with van der Waals surface area (Å²) in [6, 6.07) is 16.8. The van der Waals surface area contributed by atoms with Gasteiger partial charge in [0, 0.05) is 35.3 Å². The molecule has 1 aromatic heterocycles. The van der Waals surface area contributed by atoms with Gasteiger partial charge < -0.3 is 15.7 Å². The van der Waals surface area contributed by atoms with Gasteiger partial charge in [0.2, 0.25) is 0 Å². The second kappa shape index (κ2) is 10.2. The molecule has 0 atom stereocenters. The average molecular weight is 539 g/mol. The van der Waals surface area contributed by atoms with Crippen LogP contribution in [-0.4, -0.2) is 26.8 Å². The zero-order valence-electron chi connectivity index (χ0n) is 19.3. The van der Waals surface area contributed by atoms with E-state index >= 15 is 0 Å². The van der Waals surface area contributed by atoms with Crippen LogP contribution in [0.5, 0.6) is 5.75 Å². The number of phenolic OH excluding ortho intramolecular Hbond substituents is 1. The van der Waals surface area contributed by atoms with E-state index < -0.39 is 17.8 Å². The highest BCUT2D eigenvalue weighted by molar-refractivity contribution is 6.40. The normalized spacial score (nSPS) is 12.8. The summed E-state index contributed by atoms with van der Waals surface area (Å²) in [6.45, 7) is 0.0138. The van der Waals surface area contributed by atoms with Crippen molar-refractivity contribution in [3.63, 3.8) is 0 Å². The number of rotatable bonds is 6. The summed E-state index contributed by atoms with van der Waals surface area (Å²) in [5.41, 5.74) is 2.31. The third kappa shape index (κ3) is 5.30. The molecule has 5 rings (SSSR count). The number of carbonyl (C=O) groups excluding carboxylic acids is 2. The topological polar surface area (TPSA) is 96.3 Å². The first-order valence-corrected chi connectivity index (χ1v) is 12.3. The van der Waals surface area contributed by atoms with Gasteiger partial charge in [0.05, 0.1) is 27.0 Å². The second-order valence-corrected chi connectivity index (χ2v) is 9.49. The summed E-state index contributed by atoms with van der Waals surface area (Å²) in [5, 5.41) is 20.9. The maximum absolute atomic E-state index is 13.9. The molecule has 1 fully saturated rings. The van der Waals surface area contributed by atoms with Crippen LogP contribution < -0.4 is 10.6 Å². The van der Waals surface area contributed by atoms with E-state index in [0.717, 1.165) is 12.8 Å². The van der Waals surface area contributed by atoms with E-state index in [9.17, 15) is 19.1 Å². The highest BCUT2D eigenvalue weighted by Crippen LogP contribution is 2.42. The van der Waals surface area contributed by atoms with Crippen LogP contribution in [0, 0.1) is 5.82 Å². The Morgan fingerprint density at radius 1 is 1.03 bits per heavy atom. The molecule has 3 N–H and O–H groups in total. The molecular weight excluding hydrogens is 518 g/mol.